The van der Waals surface area contributed by atoms with Gasteiger partial charge in [0.1, 0.15) is 18.0 Å². The third kappa shape index (κ3) is 3.57. The summed E-state index contributed by atoms with van der Waals surface area (Å²) in [5, 5.41) is 3.27. The van der Waals surface area contributed by atoms with Crippen LogP contribution in [-0.2, 0) is 4.74 Å². The molecule has 1 atom stereocenters. The monoisotopic (exact) mass is 250 g/mol. The molecule has 1 N–H and O–H groups in total. The molecule has 5 heteroatoms. The van der Waals surface area contributed by atoms with E-state index in [0.717, 1.165) is 31.3 Å². The number of anilines is 2. The van der Waals surface area contributed by atoms with Gasteiger partial charge in [0.05, 0.1) is 6.10 Å². The molecule has 0 saturated carbocycles. The van der Waals surface area contributed by atoms with Crippen LogP contribution < -0.4 is 10.2 Å². The largest absolute Gasteiger partial charge is 0.380 e. The molecule has 2 heterocycles. The molecule has 0 bridgehead atoms. The first-order valence-electron chi connectivity index (χ1n) is 6.63. The molecule has 1 aromatic heterocycles. The normalized spacial score (nSPS) is 17.6. The number of hydrogen-bond donors (Lipinski definition) is 1. The first-order valence-corrected chi connectivity index (χ1v) is 6.63. The average molecular weight is 250 g/mol. The molecule has 1 aliphatic heterocycles. The summed E-state index contributed by atoms with van der Waals surface area (Å²) < 4.78 is 5.20. The van der Waals surface area contributed by atoms with E-state index in [1.54, 1.807) is 13.4 Å². The van der Waals surface area contributed by atoms with Crippen molar-refractivity contribution >= 4 is 11.6 Å². The second kappa shape index (κ2) is 6.54. The van der Waals surface area contributed by atoms with Crippen LogP contribution in [-0.4, -0.2) is 42.8 Å². The Bertz CT molecular complexity index is 366. The smallest absolute Gasteiger partial charge is 0.134 e. The molecular formula is C13H22N4O. The second-order valence-corrected chi connectivity index (χ2v) is 4.74. The molecule has 1 aliphatic rings. The summed E-state index contributed by atoms with van der Waals surface area (Å²) in [7, 11) is 1.71. The van der Waals surface area contributed by atoms with Crippen molar-refractivity contribution in [3.8, 4) is 0 Å². The van der Waals surface area contributed by atoms with Gasteiger partial charge in [0, 0.05) is 32.8 Å². The van der Waals surface area contributed by atoms with Crippen molar-refractivity contribution in [3.63, 3.8) is 0 Å². The van der Waals surface area contributed by atoms with Crippen LogP contribution >= 0.6 is 0 Å². The predicted molar refractivity (Wildman–Crippen MR) is 73.1 cm³/mol. The third-order valence-corrected chi connectivity index (χ3v) is 3.31. The zero-order valence-electron chi connectivity index (χ0n) is 11.2. The van der Waals surface area contributed by atoms with E-state index >= 15 is 0 Å². The van der Waals surface area contributed by atoms with Crippen molar-refractivity contribution in [3.05, 3.63) is 12.4 Å². The van der Waals surface area contributed by atoms with Crippen molar-refractivity contribution in [2.75, 3.05) is 37.0 Å². The molecule has 0 amide bonds. The number of nitrogens with one attached hydrogen (secondary N) is 1. The zero-order valence-corrected chi connectivity index (χ0v) is 11.2. The third-order valence-electron chi connectivity index (χ3n) is 3.31. The lowest BCUT2D eigenvalue weighted by molar-refractivity contribution is 0.128. The molecule has 0 aliphatic carbocycles. The van der Waals surface area contributed by atoms with E-state index < -0.39 is 0 Å². The highest BCUT2D eigenvalue weighted by atomic mass is 16.5. The molecule has 0 aromatic carbocycles. The number of rotatable bonds is 5. The molecular weight excluding hydrogens is 228 g/mol. The molecule has 1 unspecified atom stereocenters. The van der Waals surface area contributed by atoms with Gasteiger partial charge in [-0.25, -0.2) is 9.97 Å². The lowest BCUT2D eigenvalue weighted by Crippen LogP contribution is -2.30. The van der Waals surface area contributed by atoms with Gasteiger partial charge in [-0.1, -0.05) is 0 Å². The lowest BCUT2D eigenvalue weighted by atomic mass is 10.1. The van der Waals surface area contributed by atoms with Crippen LogP contribution in [0.3, 0.4) is 0 Å². The fraction of sp³-hybridized carbons (Fsp3) is 0.692. The number of piperidine rings is 1. The van der Waals surface area contributed by atoms with Crippen molar-refractivity contribution in [1.82, 2.24) is 9.97 Å². The minimum Gasteiger partial charge on any atom is -0.380 e. The fourth-order valence-corrected chi connectivity index (χ4v) is 2.07. The van der Waals surface area contributed by atoms with E-state index in [1.165, 1.54) is 19.3 Å². The summed E-state index contributed by atoms with van der Waals surface area (Å²) in [6.07, 6.45) is 5.65. The Morgan fingerprint density at radius 3 is 2.83 bits per heavy atom. The molecule has 0 spiro atoms. The van der Waals surface area contributed by atoms with E-state index in [-0.39, 0.29) is 6.10 Å². The number of aromatic nitrogens is 2. The van der Waals surface area contributed by atoms with Gasteiger partial charge in [0.15, 0.2) is 0 Å². The Morgan fingerprint density at radius 1 is 1.33 bits per heavy atom. The SMILES string of the molecule is COC(C)CNc1cc(N2CCCCC2)ncn1. The highest BCUT2D eigenvalue weighted by Gasteiger charge is 2.12. The molecule has 2 rings (SSSR count). The van der Waals surface area contributed by atoms with Gasteiger partial charge in [0.2, 0.25) is 0 Å². The molecule has 18 heavy (non-hydrogen) atoms. The van der Waals surface area contributed by atoms with Crippen LogP contribution in [0.15, 0.2) is 12.4 Å². The Hall–Kier alpha value is -1.36. The van der Waals surface area contributed by atoms with E-state index in [0.29, 0.717) is 0 Å². The first-order chi connectivity index (χ1) is 8.79. The Kier molecular flexibility index (Phi) is 4.75. The average Bonchev–Trinajstić information content (AvgIpc) is 2.46. The summed E-state index contributed by atoms with van der Waals surface area (Å²) in [6, 6.07) is 2.02. The maximum atomic E-state index is 5.20. The number of hydrogen-bond acceptors (Lipinski definition) is 5. The topological polar surface area (TPSA) is 50.3 Å². The van der Waals surface area contributed by atoms with Gasteiger partial charge in [-0.15, -0.1) is 0 Å². The second-order valence-electron chi connectivity index (χ2n) is 4.74. The summed E-state index contributed by atoms with van der Waals surface area (Å²) in [6.45, 7) is 4.99. The molecule has 100 valence electrons. The Morgan fingerprint density at radius 2 is 2.11 bits per heavy atom. The highest BCUT2D eigenvalue weighted by molar-refractivity contribution is 5.48. The van der Waals surface area contributed by atoms with Gasteiger partial charge in [0.25, 0.3) is 0 Å². The first kappa shape index (κ1) is 13.1. The van der Waals surface area contributed by atoms with Crippen LogP contribution in [0.4, 0.5) is 11.6 Å². The molecule has 1 saturated heterocycles. The Balaban J connectivity index is 1.96. The molecule has 1 fully saturated rings. The van der Waals surface area contributed by atoms with E-state index in [1.807, 2.05) is 13.0 Å². The zero-order chi connectivity index (χ0) is 12.8. The standard InChI is InChI=1S/C13H22N4O/c1-11(18-2)9-14-12-8-13(16-10-15-12)17-6-4-3-5-7-17/h8,10-11H,3-7,9H2,1-2H3,(H,14,15,16). The van der Waals surface area contributed by atoms with Crippen LogP contribution in [0.1, 0.15) is 26.2 Å². The summed E-state index contributed by atoms with van der Waals surface area (Å²) in [4.78, 5) is 10.9. The summed E-state index contributed by atoms with van der Waals surface area (Å²) >= 11 is 0. The van der Waals surface area contributed by atoms with Crippen molar-refractivity contribution in [2.24, 2.45) is 0 Å². The van der Waals surface area contributed by atoms with Crippen LogP contribution in [0.25, 0.3) is 0 Å². The van der Waals surface area contributed by atoms with Crippen LogP contribution in [0.2, 0.25) is 0 Å². The summed E-state index contributed by atoms with van der Waals surface area (Å²) in [5.41, 5.74) is 0. The minimum atomic E-state index is 0.179. The van der Waals surface area contributed by atoms with E-state index in [9.17, 15) is 0 Å². The highest BCUT2D eigenvalue weighted by Crippen LogP contribution is 2.18. The van der Waals surface area contributed by atoms with Gasteiger partial charge < -0.3 is 15.0 Å². The van der Waals surface area contributed by atoms with Crippen molar-refractivity contribution in [2.45, 2.75) is 32.3 Å². The molecule has 5 nitrogen and oxygen atoms in total. The minimum absolute atomic E-state index is 0.179. The lowest BCUT2D eigenvalue weighted by Gasteiger charge is -2.27. The van der Waals surface area contributed by atoms with Crippen molar-refractivity contribution < 1.29 is 4.74 Å². The number of nitrogens with zero attached hydrogens (tertiary/aromatic N) is 3. The van der Waals surface area contributed by atoms with Crippen LogP contribution in [0.5, 0.6) is 0 Å². The van der Waals surface area contributed by atoms with Gasteiger partial charge >= 0.3 is 0 Å². The van der Waals surface area contributed by atoms with Gasteiger partial charge in [-0.05, 0) is 26.2 Å². The van der Waals surface area contributed by atoms with Gasteiger partial charge in [-0.3, -0.25) is 0 Å². The van der Waals surface area contributed by atoms with E-state index in [2.05, 4.69) is 20.2 Å². The van der Waals surface area contributed by atoms with Gasteiger partial charge in [-0.2, -0.15) is 0 Å². The Labute approximate surface area is 109 Å². The maximum Gasteiger partial charge on any atom is 0.134 e. The number of ether oxygens (including phenoxy) is 1. The quantitative estimate of drug-likeness (QED) is 0.865. The maximum absolute atomic E-state index is 5.20. The van der Waals surface area contributed by atoms with E-state index in [4.69, 9.17) is 4.74 Å². The molecule has 0 radical (unpaired) electrons. The number of methoxy groups -OCH3 is 1. The van der Waals surface area contributed by atoms with Crippen LogP contribution in [0, 0.1) is 0 Å². The predicted octanol–water partition coefficient (Wildman–Crippen LogP) is 1.91. The summed E-state index contributed by atoms with van der Waals surface area (Å²) in [5.74, 6) is 1.90. The fourth-order valence-electron chi connectivity index (χ4n) is 2.07. The van der Waals surface area contributed by atoms with Crippen molar-refractivity contribution in [1.29, 1.82) is 0 Å². The molecule has 1 aromatic rings.